The van der Waals surface area contributed by atoms with E-state index in [9.17, 15) is 9.59 Å². The Hall–Kier alpha value is -4.51. The Morgan fingerprint density at radius 1 is 0.711 bits per heavy atom. The third-order valence-corrected chi connectivity index (χ3v) is 6.01. The van der Waals surface area contributed by atoms with Gasteiger partial charge in [-0.05, 0) is 43.2 Å². The molecule has 0 bridgehead atoms. The van der Waals surface area contributed by atoms with Crippen LogP contribution in [0.25, 0.3) is 0 Å². The smallest absolute Gasteiger partial charge is 0.330 e. The van der Waals surface area contributed by atoms with Crippen molar-refractivity contribution in [3.05, 3.63) is 138 Å². The molecule has 0 fully saturated rings. The van der Waals surface area contributed by atoms with Crippen molar-refractivity contribution in [3.63, 3.8) is 0 Å². The minimum absolute atomic E-state index is 0.0647. The van der Waals surface area contributed by atoms with E-state index in [0.717, 1.165) is 16.7 Å². The summed E-state index contributed by atoms with van der Waals surface area (Å²) >= 11 is 0. The molecule has 4 rings (SSSR count). The van der Waals surface area contributed by atoms with Gasteiger partial charge in [0.05, 0.1) is 12.3 Å². The number of Topliss-reactive ketones (excluding diaryl/α,β-unsaturated/α-hetero) is 1. The van der Waals surface area contributed by atoms with Crippen LogP contribution in [0.1, 0.15) is 46.8 Å². The first-order chi connectivity index (χ1) is 18.6. The summed E-state index contributed by atoms with van der Waals surface area (Å²) in [6.07, 6.45) is 0.404. The van der Waals surface area contributed by atoms with Crippen LogP contribution in [0.2, 0.25) is 0 Å². The maximum absolute atomic E-state index is 13.0. The van der Waals surface area contributed by atoms with Crippen molar-refractivity contribution in [1.82, 2.24) is 0 Å². The van der Waals surface area contributed by atoms with Crippen LogP contribution in [-0.2, 0) is 16.1 Å². The summed E-state index contributed by atoms with van der Waals surface area (Å²) in [5.74, 6) is 0.189. The monoisotopic (exact) mass is 505 g/mol. The average molecular weight is 506 g/mol. The fourth-order valence-electron chi connectivity index (χ4n) is 4.03. The lowest BCUT2D eigenvalue weighted by molar-refractivity contribution is -0.144. The Balaban J connectivity index is 1.47. The van der Waals surface area contributed by atoms with Crippen molar-refractivity contribution in [1.29, 1.82) is 0 Å². The zero-order valence-electron chi connectivity index (χ0n) is 21.5. The Labute approximate surface area is 223 Å². The third kappa shape index (κ3) is 7.50. The van der Waals surface area contributed by atoms with Crippen LogP contribution < -0.4 is 4.74 Å². The first-order valence-electron chi connectivity index (χ1n) is 12.8. The summed E-state index contributed by atoms with van der Waals surface area (Å²) in [5, 5.41) is 0. The number of carbonyl (C=O) groups is 2. The molecule has 0 N–H and O–H groups in total. The van der Waals surface area contributed by atoms with E-state index in [2.05, 4.69) is 0 Å². The number of carbonyl (C=O) groups excluding carboxylic acids is 2. The number of hydrogen-bond acceptors (Lipinski definition) is 5. The van der Waals surface area contributed by atoms with Gasteiger partial charge in [0.1, 0.15) is 18.4 Å². The topological polar surface area (TPSA) is 65.0 Å². The summed E-state index contributed by atoms with van der Waals surface area (Å²) in [5.41, 5.74) is 4.12. The van der Waals surface area contributed by atoms with E-state index in [4.69, 9.17) is 14.5 Å². The lowest BCUT2D eigenvalue weighted by Gasteiger charge is -2.15. The van der Waals surface area contributed by atoms with E-state index in [0.29, 0.717) is 23.6 Å². The number of rotatable bonds is 12. The minimum Gasteiger partial charge on any atom is -0.489 e. The van der Waals surface area contributed by atoms with E-state index < -0.39 is 12.0 Å². The van der Waals surface area contributed by atoms with E-state index >= 15 is 0 Å². The van der Waals surface area contributed by atoms with E-state index in [-0.39, 0.29) is 25.2 Å². The molecule has 0 aliphatic rings. The van der Waals surface area contributed by atoms with Crippen molar-refractivity contribution in [3.8, 4) is 5.75 Å². The lowest BCUT2D eigenvalue weighted by atomic mass is 10.00. The maximum Gasteiger partial charge on any atom is 0.330 e. The van der Waals surface area contributed by atoms with Gasteiger partial charge in [0, 0.05) is 23.1 Å². The molecule has 0 saturated heterocycles. The first-order valence-corrected chi connectivity index (χ1v) is 12.8. The highest BCUT2D eigenvalue weighted by molar-refractivity contribution is 6.13. The molecule has 4 aromatic rings. The van der Waals surface area contributed by atoms with Crippen molar-refractivity contribution >= 4 is 17.5 Å². The predicted octanol–water partition coefficient (Wildman–Crippen LogP) is 6.70. The summed E-state index contributed by atoms with van der Waals surface area (Å²) in [6, 6.07) is 35.6. The number of nitrogens with zero attached hydrogens (tertiary/aromatic N) is 1. The number of ether oxygens (including phenoxy) is 2. The van der Waals surface area contributed by atoms with Gasteiger partial charge in [0.2, 0.25) is 0 Å². The summed E-state index contributed by atoms with van der Waals surface area (Å²) in [6.45, 7) is 2.47. The molecule has 1 atom stereocenters. The predicted molar refractivity (Wildman–Crippen MR) is 150 cm³/mol. The molecule has 192 valence electrons. The molecule has 0 unspecified atom stereocenters. The molecule has 0 radical (unpaired) electrons. The molecule has 0 aromatic heterocycles. The standard InChI is InChI=1S/C33H31NO4/c1-2-37-33(36)30(34-32(27-14-8-4-9-15-27)28-16-10-5-11-17-28)22-23-31(35)26-18-20-29(21-19-26)38-24-25-12-6-3-7-13-25/h3-21,30H,2,22-24H2,1H3/t30-/m0/s1. The lowest BCUT2D eigenvalue weighted by Crippen LogP contribution is -2.25. The molecule has 0 aliphatic heterocycles. The Kier molecular flexibility index (Phi) is 9.57. The molecule has 0 amide bonds. The van der Waals surface area contributed by atoms with Crippen LogP contribution in [-0.4, -0.2) is 30.1 Å². The number of ketones is 1. The van der Waals surface area contributed by atoms with Gasteiger partial charge in [-0.2, -0.15) is 0 Å². The minimum atomic E-state index is -0.803. The second-order valence-electron chi connectivity index (χ2n) is 8.74. The second-order valence-corrected chi connectivity index (χ2v) is 8.74. The maximum atomic E-state index is 13.0. The van der Waals surface area contributed by atoms with Crippen molar-refractivity contribution in [2.75, 3.05) is 6.61 Å². The van der Waals surface area contributed by atoms with E-state index in [1.54, 1.807) is 31.2 Å². The summed E-state index contributed by atoms with van der Waals surface area (Å²) in [7, 11) is 0. The van der Waals surface area contributed by atoms with Gasteiger partial charge in [0.25, 0.3) is 0 Å². The molecule has 4 aromatic carbocycles. The molecule has 0 saturated carbocycles. The molecule has 5 heteroatoms. The van der Waals surface area contributed by atoms with Gasteiger partial charge in [-0.1, -0.05) is 91.0 Å². The normalized spacial score (nSPS) is 11.3. The highest BCUT2D eigenvalue weighted by Crippen LogP contribution is 2.19. The molecular weight excluding hydrogens is 474 g/mol. The van der Waals surface area contributed by atoms with Crippen LogP contribution in [0.5, 0.6) is 5.75 Å². The fourth-order valence-corrected chi connectivity index (χ4v) is 4.03. The largest absolute Gasteiger partial charge is 0.489 e. The molecule has 0 heterocycles. The molecular formula is C33H31NO4. The van der Waals surface area contributed by atoms with Crippen molar-refractivity contribution in [2.24, 2.45) is 4.99 Å². The van der Waals surface area contributed by atoms with Crippen LogP contribution in [0, 0.1) is 0 Å². The van der Waals surface area contributed by atoms with Crippen LogP contribution in [0.4, 0.5) is 0 Å². The Morgan fingerprint density at radius 3 is 1.82 bits per heavy atom. The van der Waals surface area contributed by atoms with Gasteiger partial charge < -0.3 is 9.47 Å². The van der Waals surface area contributed by atoms with Crippen LogP contribution in [0.15, 0.2) is 120 Å². The van der Waals surface area contributed by atoms with E-state index in [1.165, 1.54) is 0 Å². The zero-order valence-corrected chi connectivity index (χ0v) is 21.5. The Bertz CT molecular complexity index is 1290. The number of esters is 1. The number of benzene rings is 4. The van der Waals surface area contributed by atoms with Crippen LogP contribution >= 0.6 is 0 Å². The molecule has 0 aliphatic carbocycles. The zero-order chi connectivity index (χ0) is 26.6. The highest BCUT2D eigenvalue weighted by atomic mass is 16.5. The van der Waals surface area contributed by atoms with Gasteiger partial charge in [-0.3, -0.25) is 9.79 Å². The van der Waals surface area contributed by atoms with Crippen LogP contribution in [0.3, 0.4) is 0 Å². The van der Waals surface area contributed by atoms with E-state index in [1.807, 2.05) is 91.0 Å². The number of hydrogen-bond donors (Lipinski definition) is 0. The Morgan fingerprint density at radius 2 is 1.26 bits per heavy atom. The summed E-state index contributed by atoms with van der Waals surface area (Å²) < 4.78 is 11.1. The second kappa shape index (κ2) is 13.7. The highest BCUT2D eigenvalue weighted by Gasteiger charge is 2.22. The summed E-state index contributed by atoms with van der Waals surface area (Å²) in [4.78, 5) is 30.7. The molecule has 0 spiro atoms. The van der Waals surface area contributed by atoms with Crippen molar-refractivity contribution < 1.29 is 19.1 Å². The SMILES string of the molecule is CCOC(=O)[C@H](CCC(=O)c1ccc(OCc2ccccc2)cc1)N=C(c1ccccc1)c1ccccc1. The first kappa shape index (κ1) is 26.6. The molecule has 5 nitrogen and oxygen atoms in total. The van der Waals surface area contributed by atoms with Gasteiger partial charge in [-0.15, -0.1) is 0 Å². The van der Waals surface area contributed by atoms with Gasteiger partial charge in [0.15, 0.2) is 5.78 Å². The van der Waals surface area contributed by atoms with Crippen molar-refractivity contribution in [2.45, 2.75) is 32.4 Å². The molecule has 38 heavy (non-hydrogen) atoms. The average Bonchev–Trinajstić information content (AvgIpc) is 2.98. The van der Waals surface area contributed by atoms with Gasteiger partial charge in [-0.25, -0.2) is 4.79 Å². The quantitative estimate of drug-likeness (QED) is 0.122. The van der Waals surface area contributed by atoms with Gasteiger partial charge >= 0.3 is 5.97 Å². The third-order valence-electron chi connectivity index (χ3n) is 6.01. The number of aliphatic imine (C=N–C) groups is 1. The fraction of sp³-hybridized carbons (Fsp3) is 0.182.